The number of allylic oxidation sites excluding steroid dienone is 1. The van der Waals surface area contributed by atoms with Crippen LogP contribution in [0.2, 0.25) is 5.15 Å². The summed E-state index contributed by atoms with van der Waals surface area (Å²) in [4.78, 5) is 32.6. The molecule has 0 aliphatic carbocycles. The number of ketones is 1. The molecule has 216 valence electrons. The maximum absolute atomic E-state index is 11.4. The fourth-order valence-corrected chi connectivity index (χ4v) is 3.99. The first-order valence-electron chi connectivity index (χ1n) is 12.6. The van der Waals surface area contributed by atoms with Crippen molar-refractivity contribution in [3.8, 4) is 33.8 Å². The van der Waals surface area contributed by atoms with E-state index in [0.29, 0.717) is 23.1 Å². The van der Waals surface area contributed by atoms with Crippen LogP contribution in [0.4, 0.5) is 0 Å². The third-order valence-corrected chi connectivity index (χ3v) is 5.92. The van der Waals surface area contributed by atoms with Crippen molar-refractivity contribution in [3.05, 3.63) is 133 Å². The average molecular weight is 669 g/mol. The number of hydrogen-bond donors (Lipinski definition) is 0. The average Bonchev–Trinajstić information content (AvgIpc) is 3.02. The van der Waals surface area contributed by atoms with Crippen LogP contribution < -0.4 is 0 Å². The Morgan fingerprint density at radius 2 is 1.16 bits per heavy atom. The van der Waals surface area contributed by atoms with Crippen molar-refractivity contribution >= 4 is 62.0 Å². The molecule has 0 radical (unpaired) electrons. The molecule has 2 aromatic carbocycles. The Bertz CT molecular complexity index is 1790. The normalized spacial score (nSPS) is 12.3. The van der Waals surface area contributed by atoms with Crippen LogP contribution in [-0.2, 0) is 9.36 Å². The molecule has 1 aliphatic heterocycles. The van der Waals surface area contributed by atoms with Crippen molar-refractivity contribution in [1.82, 2.24) is 19.9 Å². The Morgan fingerprint density at radius 1 is 0.651 bits per heavy atom. The molecule has 3 aromatic heterocycles. The van der Waals surface area contributed by atoms with Gasteiger partial charge in [-0.2, -0.15) is 0 Å². The SMILES string of the molecule is Clc1ccnc(-c2cc(-c3ccccc3)ccn2)n1.O=C1C=CN=C(c2cc(-c3ccccc3)ccn2)C1.O=P(Cl)(Cl)Cl. The van der Waals surface area contributed by atoms with Gasteiger partial charge in [-0.3, -0.25) is 24.3 Å². The number of rotatable bonds is 4. The zero-order chi connectivity index (χ0) is 30.7. The molecule has 43 heavy (non-hydrogen) atoms. The van der Waals surface area contributed by atoms with Crippen LogP contribution in [0.3, 0.4) is 0 Å². The van der Waals surface area contributed by atoms with Gasteiger partial charge in [-0.1, -0.05) is 72.3 Å². The van der Waals surface area contributed by atoms with Crippen LogP contribution >= 0.6 is 50.5 Å². The van der Waals surface area contributed by atoms with E-state index in [2.05, 4.69) is 70.8 Å². The Morgan fingerprint density at radius 3 is 1.70 bits per heavy atom. The molecule has 4 heterocycles. The van der Waals surface area contributed by atoms with Crippen LogP contribution in [-0.4, -0.2) is 31.4 Å². The number of hydrogen-bond acceptors (Lipinski definition) is 7. The summed E-state index contributed by atoms with van der Waals surface area (Å²) in [6, 6.07) is 29.7. The largest absolute Gasteiger partial charge is 0.339 e. The van der Waals surface area contributed by atoms with Crippen LogP contribution in [0, 0.1) is 0 Å². The molecule has 7 nitrogen and oxygen atoms in total. The highest BCUT2D eigenvalue weighted by Crippen LogP contribution is 2.61. The molecule has 0 unspecified atom stereocenters. The highest BCUT2D eigenvalue weighted by atomic mass is 36.0. The lowest BCUT2D eigenvalue weighted by Crippen LogP contribution is -2.11. The minimum Gasteiger partial charge on any atom is -0.294 e. The summed E-state index contributed by atoms with van der Waals surface area (Å²) in [5.74, 6) is 0.599. The van der Waals surface area contributed by atoms with Crippen molar-refractivity contribution < 1.29 is 9.36 Å². The predicted octanol–water partition coefficient (Wildman–Crippen LogP) is 9.69. The third kappa shape index (κ3) is 10.8. The maximum atomic E-state index is 11.4. The Kier molecular flexibility index (Phi) is 11.7. The quantitative estimate of drug-likeness (QED) is 0.140. The lowest BCUT2D eigenvalue weighted by atomic mass is 10.0. The molecule has 0 atom stereocenters. The second kappa shape index (κ2) is 15.7. The molecule has 0 saturated carbocycles. The molecule has 0 saturated heterocycles. The molecule has 12 heteroatoms. The van der Waals surface area contributed by atoms with Crippen LogP contribution in [0.15, 0.2) is 127 Å². The van der Waals surface area contributed by atoms with E-state index in [1.165, 1.54) is 12.3 Å². The van der Waals surface area contributed by atoms with Crippen LogP contribution in [0.5, 0.6) is 0 Å². The van der Waals surface area contributed by atoms with Gasteiger partial charge in [-0.15, -0.1) is 0 Å². The summed E-state index contributed by atoms with van der Waals surface area (Å²) in [6.45, 7) is 0. The highest BCUT2D eigenvalue weighted by molar-refractivity contribution is 8.24. The molecule has 1 aliphatic rings. The van der Waals surface area contributed by atoms with E-state index in [-0.39, 0.29) is 5.78 Å². The van der Waals surface area contributed by atoms with E-state index in [1.807, 2.05) is 72.8 Å². The van der Waals surface area contributed by atoms with Gasteiger partial charge in [-0.25, -0.2) is 9.97 Å². The lowest BCUT2D eigenvalue weighted by molar-refractivity contribution is -0.113. The van der Waals surface area contributed by atoms with Gasteiger partial charge < -0.3 is 0 Å². The molecule has 0 N–H and O–H groups in total. The summed E-state index contributed by atoms with van der Waals surface area (Å²) in [7, 11) is 0. The first-order valence-corrected chi connectivity index (χ1v) is 17.4. The van der Waals surface area contributed by atoms with E-state index in [4.69, 9.17) is 11.6 Å². The minimum atomic E-state index is -3.22. The summed E-state index contributed by atoms with van der Waals surface area (Å²) in [5.41, 5.74) is 6.62. The lowest BCUT2D eigenvalue weighted by Gasteiger charge is -2.08. The van der Waals surface area contributed by atoms with E-state index < -0.39 is 5.20 Å². The number of nitrogens with zero attached hydrogens (tertiary/aromatic N) is 5. The standard InChI is InChI=1S/C16H12N2O.C15H10ClN3.Cl3OP/c19-14-7-9-18-16(11-14)15-10-13(6-8-17-15)12-4-2-1-3-5-12;16-14-7-9-18-15(19-14)13-10-12(6-8-17-13)11-4-2-1-3-5-11;1-5(2,3)4/h1-10H,11H2;1-10H;. The first-order chi connectivity index (χ1) is 20.7. The number of carbonyl (C=O) groups is 1. The molecule has 0 amide bonds. The number of aliphatic imine (C=N–C) groups is 1. The first kappa shape index (κ1) is 32.2. The Balaban J connectivity index is 0.000000171. The topological polar surface area (TPSA) is 98.1 Å². The van der Waals surface area contributed by atoms with E-state index in [1.54, 1.807) is 24.7 Å². The van der Waals surface area contributed by atoms with Crippen LogP contribution in [0.25, 0.3) is 33.8 Å². The van der Waals surface area contributed by atoms with Crippen molar-refractivity contribution in [3.63, 3.8) is 0 Å². The smallest absolute Gasteiger partial charge is 0.294 e. The fraction of sp³-hybridized carbons (Fsp3) is 0.0323. The van der Waals surface area contributed by atoms with E-state index in [9.17, 15) is 9.36 Å². The van der Waals surface area contributed by atoms with Gasteiger partial charge >= 0.3 is 5.20 Å². The third-order valence-electron chi connectivity index (χ3n) is 5.71. The van der Waals surface area contributed by atoms with E-state index in [0.717, 1.165) is 33.7 Å². The van der Waals surface area contributed by atoms with Gasteiger partial charge in [0.25, 0.3) is 0 Å². The summed E-state index contributed by atoms with van der Waals surface area (Å²) >= 11 is 19.7. The summed E-state index contributed by atoms with van der Waals surface area (Å²) < 4.78 is 9.51. The molecule has 0 fully saturated rings. The second-order valence-corrected chi connectivity index (χ2v) is 15.8. The summed E-state index contributed by atoms with van der Waals surface area (Å²) in [5, 5.41) is -2.81. The second-order valence-electron chi connectivity index (χ2n) is 8.73. The van der Waals surface area contributed by atoms with Crippen molar-refractivity contribution in [2.24, 2.45) is 4.99 Å². The molecular weight excluding hydrogens is 647 g/mol. The van der Waals surface area contributed by atoms with Gasteiger partial charge in [-0.05, 0) is 92.4 Å². The van der Waals surface area contributed by atoms with Gasteiger partial charge in [0.05, 0.1) is 17.8 Å². The Labute approximate surface area is 268 Å². The molecule has 0 spiro atoms. The Hall–Kier alpha value is -3.71. The predicted molar refractivity (Wildman–Crippen MR) is 176 cm³/mol. The highest BCUT2D eigenvalue weighted by Gasteiger charge is 2.13. The van der Waals surface area contributed by atoms with Crippen molar-refractivity contribution in [1.29, 1.82) is 0 Å². The number of pyridine rings is 2. The number of benzene rings is 2. The maximum Gasteiger partial charge on any atom is 0.339 e. The number of aromatic nitrogens is 4. The van der Waals surface area contributed by atoms with Crippen LogP contribution in [0.1, 0.15) is 12.1 Å². The molecule has 0 bridgehead atoms. The van der Waals surface area contributed by atoms with Gasteiger partial charge in [0, 0.05) is 24.8 Å². The molecular formula is C31H22Cl4N5O2P. The molecule has 6 rings (SSSR count). The van der Waals surface area contributed by atoms with Gasteiger partial charge in [0.1, 0.15) is 10.8 Å². The van der Waals surface area contributed by atoms with Gasteiger partial charge in [0.2, 0.25) is 0 Å². The monoisotopic (exact) mass is 667 g/mol. The zero-order valence-corrected chi connectivity index (χ0v) is 26.2. The summed E-state index contributed by atoms with van der Waals surface area (Å²) in [6.07, 6.45) is 8.48. The number of halogens is 4. The van der Waals surface area contributed by atoms with Crippen molar-refractivity contribution in [2.75, 3.05) is 0 Å². The van der Waals surface area contributed by atoms with Gasteiger partial charge in [0.15, 0.2) is 11.6 Å². The minimum absolute atomic E-state index is 0.0666. The fourth-order valence-electron chi connectivity index (χ4n) is 3.86. The number of carbonyl (C=O) groups excluding carboxylic acids is 1. The van der Waals surface area contributed by atoms with E-state index >= 15 is 0 Å². The van der Waals surface area contributed by atoms with Crippen molar-refractivity contribution in [2.45, 2.75) is 6.42 Å². The zero-order valence-electron chi connectivity index (χ0n) is 22.3. The molecule has 5 aromatic rings.